The molecule has 1 aromatic carbocycles. The Labute approximate surface area is 153 Å². The summed E-state index contributed by atoms with van der Waals surface area (Å²) in [7, 11) is 0. The SMILES string of the molecule is Cc1cc(N(C2CC2)C2CCN(c3nc4ccccc4[nH]3)CC2)ncn1. The number of aromatic amines is 1. The molecule has 2 fully saturated rings. The highest BCUT2D eigenvalue weighted by atomic mass is 15.3. The van der Waals surface area contributed by atoms with E-state index >= 15 is 0 Å². The van der Waals surface area contributed by atoms with Gasteiger partial charge in [-0.2, -0.15) is 0 Å². The molecule has 0 unspecified atom stereocenters. The van der Waals surface area contributed by atoms with Crippen molar-refractivity contribution in [3.63, 3.8) is 0 Å². The van der Waals surface area contributed by atoms with Gasteiger partial charge in [-0.3, -0.25) is 0 Å². The highest BCUT2D eigenvalue weighted by molar-refractivity contribution is 5.77. The summed E-state index contributed by atoms with van der Waals surface area (Å²) < 4.78 is 0. The quantitative estimate of drug-likeness (QED) is 0.784. The molecular weight excluding hydrogens is 324 g/mol. The summed E-state index contributed by atoms with van der Waals surface area (Å²) in [6, 6.07) is 11.6. The first-order chi connectivity index (χ1) is 12.8. The van der Waals surface area contributed by atoms with Crippen LogP contribution in [0.15, 0.2) is 36.7 Å². The number of hydrogen-bond acceptors (Lipinski definition) is 5. The molecule has 6 heteroatoms. The van der Waals surface area contributed by atoms with Crippen LogP contribution >= 0.6 is 0 Å². The molecule has 6 nitrogen and oxygen atoms in total. The third-order valence-electron chi connectivity index (χ3n) is 5.53. The lowest BCUT2D eigenvalue weighted by Crippen LogP contribution is -2.46. The van der Waals surface area contributed by atoms with Crippen molar-refractivity contribution in [2.75, 3.05) is 22.9 Å². The van der Waals surface area contributed by atoms with Crippen molar-refractivity contribution in [3.05, 3.63) is 42.4 Å². The molecule has 1 saturated heterocycles. The second-order valence-corrected chi connectivity index (χ2v) is 7.45. The molecule has 0 spiro atoms. The van der Waals surface area contributed by atoms with Gasteiger partial charge in [-0.25, -0.2) is 15.0 Å². The van der Waals surface area contributed by atoms with Crippen molar-refractivity contribution in [2.45, 2.75) is 44.7 Å². The van der Waals surface area contributed by atoms with E-state index in [2.05, 4.69) is 43.0 Å². The molecule has 2 aliphatic rings. The molecule has 3 heterocycles. The van der Waals surface area contributed by atoms with Crippen LogP contribution in [0.25, 0.3) is 11.0 Å². The average Bonchev–Trinajstić information content (AvgIpc) is 3.39. The fourth-order valence-corrected chi connectivity index (χ4v) is 4.05. The van der Waals surface area contributed by atoms with Crippen molar-refractivity contribution >= 4 is 22.8 Å². The third-order valence-corrected chi connectivity index (χ3v) is 5.53. The molecular formula is C20H24N6. The standard InChI is InChI=1S/C20H24N6/c1-14-12-19(22-13-21-14)26(15-6-7-15)16-8-10-25(11-9-16)20-23-17-4-2-3-5-18(17)24-20/h2-5,12-13,15-16H,6-11H2,1H3,(H,23,24). The van der Waals surface area contributed by atoms with E-state index in [0.29, 0.717) is 12.1 Å². The zero-order valence-corrected chi connectivity index (χ0v) is 15.1. The number of benzene rings is 1. The van der Waals surface area contributed by atoms with Gasteiger partial charge in [0.2, 0.25) is 5.95 Å². The minimum atomic E-state index is 0.553. The van der Waals surface area contributed by atoms with Crippen molar-refractivity contribution < 1.29 is 0 Å². The molecule has 26 heavy (non-hydrogen) atoms. The number of aryl methyl sites for hydroxylation is 1. The Morgan fingerprint density at radius 3 is 2.54 bits per heavy atom. The molecule has 1 aliphatic carbocycles. The van der Waals surface area contributed by atoms with Crippen LogP contribution in [-0.2, 0) is 0 Å². The molecule has 0 atom stereocenters. The van der Waals surface area contributed by atoms with Gasteiger partial charge in [0, 0.05) is 36.9 Å². The van der Waals surface area contributed by atoms with E-state index in [1.165, 1.54) is 12.8 Å². The maximum absolute atomic E-state index is 4.76. The molecule has 1 aliphatic heterocycles. The molecule has 2 aromatic heterocycles. The monoisotopic (exact) mass is 348 g/mol. The third kappa shape index (κ3) is 2.89. The smallest absolute Gasteiger partial charge is 0.203 e. The topological polar surface area (TPSA) is 60.9 Å². The average molecular weight is 348 g/mol. The number of H-pyrrole nitrogens is 1. The first kappa shape index (κ1) is 15.6. The van der Waals surface area contributed by atoms with Gasteiger partial charge in [-0.05, 0) is 44.7 Å². The van der Waals surface area contributed by atoms with Gasteiger partial charge in [-0.1, -0.05) is 12.1 Å². The van der Waals surface area contributed by atoms with Crippen LogP contribution in [0.5, 0.6) is 0 Å². The zero-order valence-electron chi connectivity index (χ0n) is 15.1. The zero-order chi connectivity index (χ0) is 17.5. The van der Waals surface area contributed by atoms with Gasteiger partial charge in [-0.15, -0.1) is 0 Å². The summed E-state index contributed by atoms with van der Waals surface area (Å²) in [6.07, 6.45) is 6.54. The van der Waals surface area contributed by atoms with E-state index in [0.717, 1.165) is 54.4 Å². The highest BCUT2D eigenvalue weighted by Gasteiger charge is 2.36. The van der Waals surface area contributed by atoms with Crippen molar-refractivity contribution in [2.24, 2.45) is 0 Å². The fraction of sp³-hybridized carbons (Fsp3) is 0.450. The maximum atomic E-state index is 4.76. The Bertz CT molecular complexity index is 874. The summed E-state index contributed by atoms with van der Waals surface area (Å²) in [4.78, 5) is 22.0. The molecule has 0 bridgehead atoms. The van der Waals surface area contributed by atoms with Crippen LogP contribution in [-0.4, -0.2) is 45.1 Å². The highest BCUT2D eigenvalue weighted by Crippen LogP contribution is 2.35. The molecule has 134 valence electrons. The second-order valence-electron chi connectivity index (χ2n) is 7.45. The lowest BCUT2D eigenvalue weighted by molar-refractivity contribution is 0.456. The minimum absolute atomic E-state index is 0.553. The number of para-hydroxylation sites is 2. The number of imidazole rings is 1. The van der Waals surface area contributed by atoms with E-state index < -0.39 is 0 Å². The normalized spacial score (nSPS) is 18.4. The van der Waals surface area contributed by atoms with Gasteiger partial charge in [0.25, 0.3) is 0 Å². The Morgan fingerprint density at radius 1 is 1.04 bits per heavy atom. The molecule has 3 aromatic rings. The predicted octanol–water partition coefficient (Wildman–Crippen LogP) is 3.30. The largest absolute Gasteiger partial charge is 0.350 e. The second kappa shape index (κ2) is 6.27. The van der Waals surface area contributed by atoms with Crippen LogP contribution in [0.3, 0.4) is 0 Å². The number of fused-ring (bicyclic) bond motifs is 1. The van der Waals surface area contributed by atoms with Crippen LogP contribution in [0.2, 0.25) is 0 Å². The van der Waals surface area contributed by atoms with Crippen LogP contribution < -0.4 is 9.80 Å². The minimum Gasteiger partial charge on any atom is -0.350 e. The number of rotatable bonds is 4. The molecule has 1 N–H and O–H groups in total. The predicted molar refractivity (Wildman–Crippen MR) is 104 cm³/mol. The van der Waals surface area contributed by atoms with Crippen molar-refractivity contribution in [1.82, 2.24) is 19.9 Å². The Hall–Kier alpha value is -2.63. The van der Waals surface area contributed by atoms with E-state index in [-0.39, 0.29) is 0 Å². The summed E-state index contributed by atoms with van der Waals surface area (Å²) in [5, 5.41) is 0. The number of piperidine rings is 1. The van der Waals surface area contributed by atoms with Gasteiger partial charge in [0.1, 0.15) is 12.1 Å². The van der Waals surface area contributed by atoms with Crippen LogP contribution in [0, 0.1) is 6.92 Å². The van der Waals surface area contributed by atoms with Crippen molar-refractivity contribution in [3.8, 4) is 0 Å². The lowest BCUT2D eigenvalue weighted by Gasteiger charge is -2.39. The number of hydrogen-bond donors (Lipinski definition) is 1. The molecule has 0 radical (unpaired) electrons. The van der Waals surface area contributed by atoms with Gasteiger partial charge in [0.15, 0.2) is 0 Å². The van der Waals surface area contributed by atoms with E-state index in [9.17, 15) is 0 Å². The van der Waals surface area contributed by atoms with E-state index in [1.54, 1.807) is 6.33 Å². The summed E-state index contributed by atoms with van der Waals surface area (Å²) >= 11 is 0. The van der Waals surface area contributed by atoms with Crippen molar-refractivity contribution in [1.29, 1.82) is 0 Å². The first-order valence-electron chi connectivity index (χ1n) is 9.54. The maximum Gasteiger partial charge on any atom is 0.203 e. The fourth-order valence-electron chi connectivity index (χ4n) is 4.05. The number of nitrogens with one attached hydrogen (secondary N) is 1. The first-order valence-corrected chi connectivity index (χ1v) is 9.54. The molecule has 0 amide bonds. The summed E-state index contributed by atoms with van der Waals surface area (Å²) in [5.41, 5.74) is 3.20. The summed E-state index contributed by atoms with van der Waals surface area (Å²) in [6.45, 7) is 4.09. The summed E-state index contributed by atoms with van der Waals surface area (Å²) in [5.74, 6) is 2.10. The number of nitrogens with zero attached hydrogens (tertiary/aromatic N) is 5. The Kier molecular flexibility index (Phi) is 3.76. The number of aromatic nitrogens is 4. The Morgan fingerprint density at radius 2 is 1.81 bits per heavy atom. The Balaban J connectivity index is 1.32. The van der Waals surface area contributed by atoms with E-state index in [4.69, 9.17) is 4.98 Å². The van der Waals surface area contributed by atoms with Crippen LogP contribution in [0.4, 0.5) is 11.8 Å². The lowest BCUT2D eigenvalue weighted by atomic mass is 10.0. The number of anilines is 2. The van der Waals surface area contributed by atoms with Gasteiger partial charge < -0.3 is 14.8 Å². The van der Waals surface area contributed by atoms with Gasteiger partial charge >= 0.3 is 0 Å². The van der Waals surface area contributed by atoms with E-state index in [1.807, 2.05) is 19.1 Å². The van der Waals surface area contributed by atoms with Gasteiger partial charge in [0.05, 0.1) is 11.0 Å². The molecule has 1 saturated carbocycles. The van der Waals surface area contributed by atoms with Crippen LogP contribution in [0.1, 0.15) is 31.4 Å². The molecule has 5 rings (SSSR count).